The highest BCUT2D eigenvalue weighted by Crippen LogP contribution is 2.14. The Morgan fingerprint density at radius 1 is 1.32 bits per heavy atom. The molecular weight excluding hydrogens is 374 g/mol. The van der Waals surface area contributed by atoms with Gasteiger partial charge in [-0.25, -0.2) is 8.42 Å². The highest BCUT2D eigenvalue weighted by atomic mass is 79.9. The number of nitrogens with zero attached hydrogens (tertiary/aromatic N) is 1. The quantitative estimate of drug-likeness (QED) is 0.727. The van der Waals surface area contributed by atoms with Crippen LogP contribution in [-0.2, 0) is 26.0 Å². The summed E-state index contributed by atoms with van der Waals surface area (Å²) < 4.78 is 24.0. The van der Waals surface area contributed by atoms with Gasteiger partial charge in [-0.05, 0) is 17.7 Å². The molecule has 0 bridgehead atoms. The van der Waals surface area contributed by atoms with Crippen molar-refractivity contribution in [3.05, 3.63) is 34.3 Å². The van der Waals surface area contributed by atoms with E-state index in [1.54, 1.807) is 18.2 Å². The molecule has 0 aromatic heterocycles. The van der Waals surface area contributed by atoms with Crippen LogP contribution in [0, 0.1) is 0 Å². The van der Waals surface area contributed by atoms with E-state index in [1.165, 1.54) is 11.8 Å². The van der Waals surface area contributed by atoms with Crippen molar-refractivity contribution in [1.29, 1.82) is 0 Å². The summed E-state index contributed by atoms with van der Waals surface area (Å²) in [4.78, 5) is 24.1. The predicted molar refractivity (Wildman–Crippen MR) is 86.1 cm³/mol. The van der Waals surface area contributed by atoms with E-state index in [0.717, 1.165) is 10.0 Å². The fourth-order valence-electron chi connectivity index (χ4n) is 1.76. The van der Waals surface area contributed by atoms with Gasteiger partial charge >= 0.3 is 5.97 Å². The molecule has 1 aromatic rings. The van der Waals surface area contributed by atoms with Gasteiger partial charge in [0.05, 0.1) is 6.42 Å². The predicted octanol–water partition coefficient (Wildman–Crippen LogP) is 1.69. The molecule has 22 heavy (non-hydrogen) atoms. The number of carbonyl (C=O) groups is 2. The van der Waals surface area contributed by atoms with Crippen LogP contribution in [0.15, 0.2) is 28.7 Å². The molecular formula is C14H18BrNO5S. The number of hydrogen-bond acceptors (Lipinski definition) is 4. The summed E-state index contributed by atoms with van der Waals surface area (Å²) in [7, 11) is -3.45. The maximum absolute atomic E-state index is 12.2. The molecule has 0 aliphatic rings. The molecule has 122 valence electrons. The molecule has 0 spiro atoms. The average Bonchev–Trinajstić information content (AvgIpc) is 2.42. The Labute approximate surface area is 138 Å². The lowest BCUT2D eigenvalue weighted by Crippen LogP contribution is -2.37. The van der Waals surface area contributed by atoms with Gasteiger partial charge in [0.1, 0.15) is 5.75 Å². The highest BCUT2D eigenvalue weighted by Gasteiger charge is 2.21. The summed E-state index contributed by atoms with van der Waals surface area (Å²) in [6, 6.07) is 7.21. The van der Waals surface area contributed by atoms with Crippen molar-refractivity contribution >= 4 is 37.6 Å². The molecule has 0 aliphatic heterocycles. The second-order valence-electron chi connectivity index (χ2n) is 4.77. The average molecular weight is 392 g/mol. The topological polar surface area (TPSA) is 91.8 Å². The summed E-state index contributed by atoms with van der Waals surface area (Å²) in [6.07, 6.45) is -0.230. The van der Waals surface area contributed by atoms with Gasteiger partial charge in [-0.3, -0.25) is 9.59 Å². The molecule has 0 unspecified atom stereocenters. The van der Waals surface area contributed by atoms with Gasteiger partial charge in [-0.2, -0.15) is 0 Å². The van der Waals surface area contributed by atoms with Crippen LogP contribution in [0.25, 0.3) is 0 Å². The first-order valence-corrected chi connectivity index (χ1v) is 9.29. The Morgan fingerprint density at radius 2 is 2.00 bits per heavy atom. The van der Waals surface area contributed by atoms with Crippen LogP contribution < -0.4 is 0 Å². The normalized spacial score (nSPS) is 11.2. The monoisotopic (exact) mass is 391 g/mol. The Bertz CT molecular complexity index is 644. The molecule has 0 fully saturated rings. The molecule has 6 nitrogen and oxygen atoms in total. The first-order chi connectivity index (χ1) is 10.2. The van der Waals surface area contributed by atoms with Gasteiger partial charge in [0.2, 0.25) is 5.91 Å². The third-order valence-corrected chi connectivity index (χ3v) is 5.05. The van der Waals surface area contributed by atoms with E-state index in [2.05, 4.69) is 15.9 Å². The minimum Gasteiger partial charge on any atom is -0.481 e. The van der Waals surface area contributed by atoms with Gasteiger partial charge in [-0.1, -0.05) is 35.0 Å². The number of amides is 1. The van der Waals surface area contributed by atoms with Crippen molar-refractivity contribution in [3.8, 4) is 0 Å². The zero-order valence-corrected chi connectivity index (χ0v) is 14.6. The summed E-state index contributed by atoms with van der Waals surface area (Å²) in [5.74, 6) is -2.34. The van der Waals surface area contributed by atoms with E-state index < -0.39 is 27.5 Å². The Kier molecular flexibility index (Phi) is 7.02. The molecule has 0 heterocycles. The molecule has 1 aromatic carbocycles. The molecule has 0 atom stereocenters. The molecule has 0 saturated carbocycles. The fourth-order valence-corrected chi connectivity index (χ4v) is 2.97. The van der Waals surface area contributed by atoms with Crippen LogP contribution in [0.2, 0.25) is 0 Å². The lowest BCUT2D eigenvalue weighted by atomic mass is 10.2. The van der Waals surface area contributed by atoms with Crippen molar-refractivity contribution in [2.75, 3.05) is 18.1 Å². The van der Waals surface area contributed by atoms with Gasteiger partial charge in [0.15, 0.2) is 9.84 Å². The molecule has 1 N–H and O–H groups in total. The van der Waals surface area contributed by atoms with Crippen molar-refractivity contribution in [2.45, 2.75) is 19.9 Å². The summed E-state index contributed by atoms with van der Waals surface area (Å²) in [6.45, 7) is 1.61. The Balaban J connectivity index is 2.87. The largest absolute Gasteiger partial charge is 0.481 e. The molecule has 0 radical (unpaired) electrons. The number of carbonyl (C=O) groups excluding carboxylic acids is 1. The zero-order chi connectivity index (χ0) is 16.8. The minimum absolute atomic E-state index is 0.0279. The first kappa shape index (κ1) is 18.6. The maximum Gasteiger partial charge on any atom is 0.305 e. The summed E-state index contributed by atoms with van der Waals surface area (Å²) >= 11 is 3.32. The van der Waals surface area contributed by atoms with E-state index in [9.17, 15) is 18.0 Å². The first-order valence-electron chi connectivity index (χ1n) is 6.68. The minimum atomic E-state index is -3.45. The Hall–Kier alpha value is -1.41. The third kappa shape index (κ3) is 6.57. The lowest BCUT2D eigenvalue weighted by Gasteiger charge is -2.22. The van der Waals surface area contributed by atoms with Crippen molar-refractivity contribution in [1.82, 2.24) is 4.90 Å². The van der Waals surface area contributed by atoms with Gasteiger partial charge in [0.25, 0.3) is 0 Å². The van der Waals surface area contributed by atoms with Crippen LogP contribution >= 0.6 is 15.9 Å². The number of carboxylic acid groups (broad SMARTS) is 1. The van der Waals surface area contributed by atoms with Gasteiger partial charge < -0.3 is 10.0 Å². The standard InChI is InChI=1S/C14H18BrNO5S/c1-2-22(20,21)10-13(17)16(7-6-14(18)19)9-11-4-3-5-12(15)8-11/h3-5,8H,2,6-7,9-10H2,1H3,(H,18,19). The van der Waals surface area contributed by atoms with E-state index in [0.29, 0.717) is 0 Å². The van der Waals surface area contributed by atoms with E-state index in [-0.39, 0.29) is 25.3 Å². The highest BCUT2D eigenvalue weighted by molar-refractivity contribution is 9.10. The number of sulfone groups is 1. The second kappa shape index (κ2) is 8.28. The third-order valence-electron chi connectivity index (χ3n) is 2.99. The van der Waals surface area contributed by atoms with Crippen molar-refractivity contribution < 1.29 is 23.1 Å². The maximum atomic E-state index is 12.2. The number of halogens is 1. The van der Waals surface area contributed by atoms with Crippen molar-refractivity contribution in [2.24, 2.45) is 0 Å². The fraction of sp³-hybridized carbons (Fsp3) is 0.429. The smallest absolute Gasteiger partial charge is 0.305 e. The molecule has 0 aliphatic carbocycles. The number of benzene rings is 1. The van der Waals surface area contributed by atoms with Crippen molar-refractivity contribution in [3.63, 3.8) is 0 Å². The van der Waals surface area contributed by atoms with E-state index in [1.807, 2.05) is 6.07 Å². The number of rotatable bonds is 8. The van der Waals surface area contributed by atoms with Crippen LogP contribution in [-0.4, -0.2) is 48.4 Å². The molecule has 1 rings (SSSR count). The van der Waals surface area contributed by atoms with Crippen LogP contribution in [0.1, 0.15) is 18.9 Å². The molecule has 8 heteroatoms. The SMILES string of the molecule is CCS(=O)(=O)CC(=O)N(CCC(=O)O)Cc1cccc(Br)c1. The van der Waals surface area contributed by atoms with Crippen LogP contribution in [0.4, 0.5) is 0 Å². The summed E-state index contributed by atoms with van der Waals surface area (Å²) in [5.41, 5.74) is 0.794. The zero-order valence-electron chi connectivity index (χ0n) is 12.2. The van der Waals surface area contributed by atoms with Crippen LogP contribution in [0.5, 0.6) is 0 Å². The molecule has 0 saturated heterocycles. The second-order valence-corrected chi connectivity index (χ2v) is 8.03. The lowest BCUT2D eigenvalue weighted by molar-refractivity contribution is -0.138. The van der Waals surface area contributed by atoms with Gasteiger partial charge in [0, 0.05) is 23.3 Å². The molecule has 1 amide bonds. The number of aliphatic carboxylic acids is 1. The Morgan fingerprint density at radius 3 is 2.55 bits per heavy atom. The van der Waals surface area contributed by atoms with Gasteiger partial charge in [-0.15, -0.1) is 0 Å². The number of carboxylic acids is 1. The number of hydrogen-bond donors (Lipinski definition) is 1. The van der Waals surface area contributed by atoms with E-state index in [4.69, 9.17) is 5.11 Å². The van der Waals surface area contributed by atoms with E-state index >= 15 is 0 Å². The van der Waals surface area contributed by atoms with Crippen LogP contribution in [0.3, 0.4) is 0 Å². The summed E-state index contributed by atoms with van der Waals surface area (Å²) in [5, 5.41) is 8.77.